The SMILES string of the molecule is c1ccc2c(c1)oc1c(Nc3ccc(-c4cccc5c4oc4ccccc45)cc3)cccc12. The van der Waals surface area contributed by atoms with Gasteiger partial charge in [-0.05, 0) is 35.9 Å². The molecule has 7 aromatic rings. The van der Waals surface area contributed by atoms with Crippen LogP contribution in [-0.4, -0.2) is 0 Å². The first-order valence-electron chi connectivity index (χ1n) is 11.0. The summed E-state index contributed by atoms with van der Waals surface area (Å²) in [6.07, 6.45) is 0. The molecule has 1 N–H and O–H groups in total. The zero-order valence-corrected chi connectivity index (χ0v) is 17.7. The molecule has 156 valence electrons. The molecule has 33 heavy (non-hydrogen) atoms. The summed E-state index contributed by atoms with van der Waals surface area (Å²) in [7, 11) is 0. The van der Waals surface area contributed by atoms with Gasteiger partial charge in [0.15, 0.2) is 5.58 Å². The van der Waals surface area contributed by atoms with E-state index in [1.165, 1.54) is 0 Å². The molecule has 0 spiro atoms. The van der Waals surface area contributed by atoms with Gasteiger partial charge in [0, 0.05) is 32.8 Å². The van der Waals surface area contributed by atoms with Crippen LogP contribution in [0.5, 0.6) is 0 Å². The maximum Gasteiger partial charge on any atom is 0.158 e. The van der Waals surface area contributed by atoms with Crippen molar-refractivity contribution in [3.63, 3.8) is 0 Å². The normalized spacial score (nSPS) is 11.6. The standard InChI is InChI=1S/C30H19NO2/c1-3-13-27-22(7-1)24-10-5-9-21(29(24)32-27)19-15-17-20(18-16-19)31-26-12-6-11-25-23-8-2-4-14-28(23)33-30(25)26/h1-18,31H. The fourth-order valence-corrected chi connectivity index (χ4v) is 4.71. The summed E-state index contributed by atoms with van der Waals surface area (Å²) < 4.78 is 12.4. The Bertz CT molecular complexity index is 1790. The van der Waals surface area contributed by atoms with E-state index in [-0.39, 0.29) is 0 Å². The molecule has 7 rings (SSSR count). The molecule has 0 aliphatic carbocycles. The topological polar surface area (TPSA) is 38.3 Å². The molecule has 0 saturated carbocycles. The molecule has 0 fully saturated rings. The highest BCUT2D eigenvalue weighted by atomic mass is 16.3. The molecule has 2 aromatic heterocycles. The molecule has 3 heteroatoms. The summed E-state index contributed by atoms with van der Waals surface area (Å²) in [5, 5.41) is 8.06. The molecule has 0 unspecified atom stereocenters. The number of fused-ring (bicyclic) bond motifs is 6. The van der Waals surface area contributed by atoms with Crippen molar-refractivity contribution in [1.29, 1.82) is 0 Å². The van der Waals surface area contributed by atoms with Gasteiger partial charge in [0.2, 0.25) is 0 Å². The van der Waals surface area contributed by atoms with E-state index in [9.17, 15) is 0 Å². The van der Waals surface area contributed by atoms with Crippen LogP contribution in [0, 0.1) is 0 Å². The summed E-state index contributed by atoms with van der Waals surface area (Å²) in [6, 6.07) is 37.3. The Morgan fingerprint density at radius 2 is 1.03 bits per heavy atom. The zero-order valence-electron chi connectivity index (χ0n) is 17.7. The molecule has 0 saturated heterocycles. The van der Waals surface area contributed by atoms with Crippen molar-refractivity contribution in [2.24, 2.45) is 0 Å². The largest absolute Gasteiger partial charge is 0.455 e. The lowest BCUT2D eigenvalue weighted by Crippen LogP contribution is -1.90. The molecule has 0 aliphatic rings. The van der Waals surface area contributed by atoms with Crippen LogP contribution in [0.4, 0.5) is 11.4 Å². The highest BCUT2D eigenvalue weighted by Crippen LogP contribution is 2.37. The lowest BCUT2D eigenvalue weighted by Gasteiger charge is -2.09. The molecule has 3 nitrogen and oxygen atoms in total. The monoisotopic (exact) mass is 425 g/mol. The van der Waals surface area contributed by atoms with Gasteiger partial charge in [-0.25, -0.2) is 0 Å². The predicted molar refractivity (Wildman–Crippen MR) is 136 cm³/mol. The van der Waals surface area contributed by atoms with E-state index in [0.29, 0.717) is 0 Å². The lowest BCUT2D eigenvalue weighted by molar-refractivity contribution is 0.670. The molecular weight excluding hydrogens is 406 g/mol. The van der Waals surface area contributed by atoms with Crippen LogP contribution in [0.25, 0.3) is 55.0 Å². The molecule has 0 bridgehead atoms. The molecule has 0 atom stereocenters. The van der Waals surface area contributed by atoms with Gasteiger partial charge in [0.1, 0.15) is 16.7 Å². The van der Waals surface area contributed by atoms with Crippen molar-refractivity contribution < 1.29 is 8.83 Å². The van der Waals surface area contributed by atoms with Crippen LogP contribution >= 0.6 is 0 Å². The molecule has 0 amide bonds. The number of anilines is 2. The third-order valence-electron chi connectivity index (χ3n) is 6.28. The summed E-state index contributed by atoms with van der Waals surface area (Å²) in [4.78, 5) is 0. The average Bonchev–Trinajstić information content (AvgIpc) is 3.44. The summed E-state index contributed by atoms with van der Waals surface area (Å²) >= 11 is 0. The van der Waals surface area contributed by atoms with Crippen molar-refractivity contribution in [2.45, 2.75) is 0 Å². The van der Waals surface area contributed by atoms with Crippen LogP contribution in [0.1, 0.15) is 0 Å². The van der Waals surface area contributed by atoms with E-state index in [1.807, 2.05) is 42.5 Å². The Hall–Kier alpha value is -4.50. The first-order valence-corrected chi connectivity index (χ1v) is 11.0. The van der Waals surface area contributed by atoms with Crippen molar-refractivity contribution >= 4 is 55.3 Å². The van der Waals surface area contributed by atoms with Crippen molar-refractivity contribution in [3.05, 3.63) is 109 Å². The maximum absolute atomic E-state index is 6.21. The lowest BCUT2D eigenvalue weighted by atomic mass is 10.0. The minimum atomic E-state index is 0.870. The van der Waals surface area contributed by atoms with Gasteiger partial charge in [0.25, 0.3) is 0 Å². The summed E-state index contributed by atoms with van der Waals surface area (Å²) in [6.45, 7) is 0. The number of benzene rings is 5. The van der Waals surface area contributed by atoms with Gasteiger partial charge in [-0.15, -0.1) is 0 Å². The smallest absolute Gasteiger partial charge is 0.158 e. The number of hydrogen-bond acceptors (Lipinski definition) is 3. The fraction of sp³-hybridized carbons (Fsp3) is 0. The van der Waals surface area contributed by atoms with Crippen molar-refractivity contribution in [2.75, 3.05) is 5.32 Å². The highest BCUT2D eigenvalue weighted by molar-refractivity contribution is 6.10. The third-order valence-corrected chi connectivity index (χ3v) is 6.28. The number of rotatable bonds is 3. The van der Waals surface area contributed by atoms with E-state index < -0.39 is 0 Å². The Morgan fingerprint density at radius 3 is 1.76 bits per heavy atom. The van der Waals surface area contributed by atoms with Crippen LogP contribution in [-0.2, 0) is 0 Å². The molecule has 0 radical (unpaired) electrons. The minimum absolute atomic E-state index is 0.870. The predicted octanol–water partition coefficient (Wildman–Crippen LogP) is 8.90. The summed E-state index contributed by atoms with van der Waals surface area (Å²) in [5.74, 6) is 0. The summed E-state index contributed by atoms with van der Waals surface area (Å²) in [5.41, 5.74) is 7.77. The van der Waals surface area contributed by atoms with Gasteiger partial charge in [0.05, 0.1) is 5.69 Å². The zero-order chi connectivity index (χ0) is 21.8. The third kappa shape index (κ3) is 2.83. The Kier molecular flexibility index (Phi) is 3.84. The Labute approximate surface area is 189 Å². The second-order valence-corrected chi connectivity index (χ2v) is 8.26. The van der Waals surface area contributed by atoms with E-state index in [0.717, 1.165) is 66.4 Å². The number of hydrogen-bond donors (Lipinski definition) is 1. The first kappa shape index (κ1) is 18.1. The number of para-hydroxylation sites is 4. The van der Waals surface area contributed by atoms with Gasteiger partial charge in [-0.3, -0.25) is 0 Å². The molecule has 5 aromatic carbocycles. The molecule has 0 aliphatic heterocycles. The quantitative estimate of drug-likeness (QED) is 0.307. The van der Waals surface area contributed by atoms with Crippen LogP contribution < -0.4 is 5.32 Å². The van der Waals surface area contributed by atoms with Gasteiger partial charge in [-0.2, -0.15) is 0 Å². The van der Waals surface area contributed by atoms with Crippen molar-refractivity contribution in [1.82, 2.24) is 0 Å². The van der Waals surface area contributed by atoms with Crippen LogP contribution in [0.2, 0.25) is 0 Å². The second-order valence-electron chi connectivity index (χ2n) is 8.26. The number of furan rings is 2. The van der Waals surface area contributed by atoms with Gasteiger partial charge >= 0.3 is 0 Å². The van der Waals surface area contributed by atoms with Crippen LogP contribution in [0.15, 0.2) is 118 Å². The Balaban J connectivity index is 1.27. The van der Waals surface area contributed by atoms with E-state index >= 15 is 0 Å². The Morgan fingerprint density at radius 1 is 0.455 bits per heavy atom. The second kappa shape index (κ2) is 7.01. The van der Waals surface area contributed by atoms with E-state index in [2.05, 4.69) is 72.0 Å². The molecular formula is C30H19NO2. The van der Waals surface area contributed by atoms with Gasteiger partial charge < -0.3 is 14.2 Å². The van der Waals surface area contributed by atoms with E-state index in [1.54, 1.807) is 0 Å². The maximum atomic E-state index is 6.21. The van der Waals surface area contributed by atoms with Gasteiger partial charge in [-0.1, -0.05) is 78.9 Å². The number of nitrogens with one attached hydrogen (secondary N) is 1. The fourth-order valence-electron chi connectivity index (χ4n) is 4.71. The van der Waals surface area contributed by atoms with E-state index in [4.69, 9.17) is 8.83 Å². The van der Waals surface area contributed by atoms with Crippen molar-refractivity contribution in [3.8, 4) is 11.1 Å². The van der Waals surface area contributed by atoms with Crippen LogP contribution in [0.3, 0.4) is 0 Å². The molecule has 2 heterocycles. The minimum Gasteiger partial charge on any atom is -0.455 e. The average molecular weight is 425 g/mol. The highest BCUT2D eigenvalue weighted by Gasteiger charge is 2.13. The first-order chi connectivity index (χ1) is 16.3.